The van der Waals surface area contributed by atoms with Gasteiger partial charge in [0.05, 0.1) is 5.56 Å². The molecule has 0 saturated carbocycles. The summed E-state index contributed by atoms with van der Waals surface area (Å²) >= 11 is 0. The molecule has 0 unspecified atom stereocenters. The molecule has 0 atom stereocenters. The first-order chi connectivity index (χ1) is 5.65. The van der Waals surface area contributed by atoms with Crippen molar-refractivity contribution >= 4 is 11.7 Å². The maximum absolute atomic E-state index is 10.5. The molecule has 0 aliphatic rings. The molecule has 72 valence electrons. The normalized spacial score (nSPS) is 8.14. The molecule has 5 heteroatoms. The summed E-state index contributed by atoms with van der Waals surface area (Å²) in [6.07, 6.45) is 0. The maximum atomic E-state index is 10.5. The van der Waals surface area contributed by atoms with Gasteiger partial charge in [-0.25, -0.2) is 4.79 Å². The molecule has 1 rings (SSSR count). The molecular weight excluding hydrogens is 193 g/mol. The predicted molar refractivity (Wildman–Crippen MR) is 49.6 cm³/mol. The van der Waals surface area contributed by atoms with E-state index < -0.39 is 5.97 Å². The molecule has 0 radical (unpaired) electrons. The van der Waals surface area contributed by atoms with E-state index >= 15 is 0 Å². The first-order valence-corrected chi connectivity index (χ1v) is 3.67. The Morgan fingerprint density at radius 1 is 1.43 bits per heavy atom. The summed E-state index contributed by atoms with van der Waals surface area (Å²) in [7, 11) is 1.81. The van der Waals surface area contributed by atoms with Gasteiger partial charge in [-0.2, -0.15) is 0 Å². The summed E-state index contributed by atoms with van der Waals surface area (Å²) in [6, 6.07) is 4.99. The van der Waals surface area contributed by atoms with Crippen molar-refractivity contribution in [2.75, 3.05) is 12.4 Å². The molecule has 1 aromatic rings. The molecule has 0 amide bonds. The van der Waals surface area contributed by atoms with Crippen molar-refractivity contribution in [3.05, 3.63) is 29.3 Å². The van der Waals surface area contributed by atoms with Crippen molar-refractivity contribution in [2.45, 2.75) is 6.92 Å². The zero-order valence-corrected chi connectivity index (χ0v) is 10.5. The summed E-state index contributed by atoms with van der Waals surface area (Å²) in [5.41, 5.74) is 2.23. The van der Waals surface area contributed by atoms with Crippen molar-refractivity contribution < 1.29 is 44.9 Å². The maximum Gasteiger partial charge on any atom is 1.00 e. The molecule has 0 aromatic heterocycles. The van der Waals surface area contributed by atoms with Crippen LogP contribution in [0.5, 0.6) is 0 Å². The Balaban J connectivity index is 0. The Kier molecular flexibility index (Phi) is 7.77. The third kappa shape index (κ3) is 3.67. The number of carboxylic acid groups (broad SMARTS) is 1. The molecule has 0 aliphatic carbocycles. The number of hydrogen-bond acceptors (Lipinski definition) is 3. The van der Waals surface area contributed by atoms with Gasteiger partial charge in [-0.3, -0.25) is 0 Å². The van der Waals surface area contributed by atoms with Gasteiger partial charge < -0.3 is 15.9 Å². The smallest absolute Gasteiger partial charge is 0.870 e. The predicted octanol–water partition coefficient (Wildman–Crippen LogP) is -1.44. The van der Waals surface area contributed by atoms with Gasteiger partial charge in [0.2, 0.25) is 0 Å². The molecule has 14 heavy (non-hydrogen) atoms. The van der Waals surface area contributed by atoms with Crippen LogP contribution in [0, 0.1) is 6.92 Å². The standard InChI is InChI=1S/C9H11NO2.Na.H2O/c1-6-5-7(9(11)12)3-4-8(6)10-2;;/h3-5,10H,1-2H3,(H,11,12);;1H2/q;+1;/p-1. The monoisotopic (exact) mass is 205 g/mol. The molecular formula is C9H12NNaO3. The van der Waals surface area contributed by atoms with Crippen LogP contribution in [0.2, 0.25) is 0 Å². The van der Waals surface area contributed by atoms with Gasteiger partial charge in [0.25, 0.3) is 0 Å². The Morgan fingerprint density at radius 3 is 2.36 bits per heavy atom. The summed E-state index contributed by atoms with van der Waals surface area (Å²) in [4.78, 5) is 10.5. The van der Waals surface area contributed by atoms with E-state index in [0.29, 0.717) is 5.56 Å². The van der Waals surface area contributed by atoms with Crippen LogP contribution in [-0.4, -0.2) is 23.6 Å². The third-order valence-corrected chi connectivity index (χ3v) is 1.74. The zero-order chi connectivity index (χ0) is 9.14. The first kappa shape index (κ1) is 15.9. The number of hydrogen-bond donors (Lipinski definition) is 2. The van der Waals surface area contributed by atoms with Crippen LogP contribution in [0.4, 0.5) is 5.69 Å². The summed E-state index contributed by atoms with van der Waals surface area (Å²) in [5, 5.41) is 11.6. The van der Waals surface area contributed by atoms with Crippen LogP contribution in [0.25, 0.3) is 0 Å². The molecule has 0 spiro atoms. The number of carbonyl (C=O) groups is 1. The van der Waals surface area contributed by atoms with E-state index in [9.17, 15) is 4.79 Å². The van der Waals surface area contributed by atoms with E-state index in [4.69, 9.17) is 5.11 Å². The SMILES string of the molecule is CNc1ccc(C(=O)O)cc1C.[Na+].[OH-]. The van der Waals surface area contributed by atoms with Crippen LogP contribution < -0.4 is 34.9 Å². The number of rotatable bonds is 2. The number of anilines is 1. The van der Waals surface area contributed by atoms with Gasteiger partial charge in [0, 0.05) is 12.7 Å². The number of aryl methyl sites for hydroxylation is 1. The second-order valence-corrected chi connectivity index (χ2v) is 2.58. The summed E-state index contributed by atoms with van der Waals surface area (Å²) < 4.78 is 0. The van der Waals surface area contributed by atoms with E-state index in [-0.39, 0.29) is 35.0 Å². The molecule has 0 heterocycles. The summed E-state index contributed by atoms with van der Waals surface area (Å²) in [6.45, 7) is 1.87. The second kappa shape index (κ2) is 6.84. The van der Waals surface area contributed by atoms with Crippen LogP contribution >= 0.6 is 0 Å². The van der Waals surface area contributed by atoms with Crippen molar-refractivity contribution in [3.8, 4) is 0 Å². The number of aromatic carboxylic acids is 1. The molecule has 3 N–H and O–H groups in total. The van der Waals surface area contributed by atoms with Gasteiger partial charge in [0.15, 0.2) is 0 Å². The van der Waals surface area contributed by atoms with Crippen molar-refractivity contribution in [2.24, 2.45) is 0 Å². The Labute approximate surface area is 105 Å². The minimum atomic E-state index is -0.888. The van der Waals surface area contributed by atoms with E-state index in [1.807, 2.05) is 14.0 Å². The zero-order valence-electron chi connectivity index (χ0n) is 8.53. The molecule has 4 nitrogen and oxygen atoms in total. The minimum Gasteiger partial charge on any atom is -0.870 e. The van der Waals surface area contributed by atoms with E-state index in [1.54, 1.807) is 18.2 Å². The van der Waals surface area contributed by atoms with Crippen molar-refractivity contribution in [1.82, 2.24) is 0 Å². The van der Waals surface area contributed by atoms with Crippen LogP contribution in [0.1, 0.15) is 15.9 Å². The molecule has 0 fully saturated rings. The third-order valence-electron chi connectivity index (χ3n) is 1.74. The Morgan fingerprint density at radius 2 is 2.00 bits per heavy atom. The van der Waals surface area contributed by atoms with Crippen molar-refractivity contribution in [3.63, 3.8) is 0 Å². The number of benzene rings is 1. The Bertz CT molecular complexity index is 315. The fraction of sp³-hybridized carbons (Fsp3) is 0.222. The van der Waals surface area contributed by atoms with Crippen LogP contribution in [0.3, 0.4) is 0 Å². The van der Waals surface area contributed by atoms with Gasteiger partial charge >= 0.3 is 35.5 Å². The van der Waals surface area contributed by atoms with Crippen LogP contribution in [-0.2, 0) is 0 Å². The largest absolute Gasteiger partial charge is 1.00 e. The number of nitrogens with one attached hydrogen (secondary N) is 1. The van der Waals surface area contributed by atoms with Crippen LogP contribution in [0.15, 0.2) is 18.2 Å². The quantitative estimate of drug-likeness (QED) is 0.580. The molecule has 0 aliphatic heterocycles. The second-order valence-electron chi connectivity index (χ2n) is 2.58. The summed E-state index contributed by atoms with van der Waals surface area (Å²) in [5.74, 6) is -0.888. The van der Waals surface area contributed by atoms with Gasteiger partial charge in [0.1, 0.15) is 0 Å². The number of carboxylic acids is 1. The molecule has 1 aromatic carbocycles. The fourth-order valence-corrected chi connectivity index (χ4v) is 1.08. The first-order valence-electron chi connectivity index (χ1n) is 3.67. The van der Waals surface area contributed by atoms with Gasteiger partial charge in [-0.1, -0.05) is 0 Å². The minimum absolute atomic E-state index is 0. The molecule has 0 bridgehead atoms. The average molecular weight is 205 g/mol. The van der Waals surface area contributed by atoms with E-state index in [2.05, 4.69) is 5.32 Å². The topological polar surface area (TPSA) is 79.3 Å². The van der Waals surface area contributed by atoms with Crippen molar-refractivity contribution in [1.29, 1.82) is 0 Å². The fourth-order valence-electron chi connectivity index (χ4n) is 1.08. The average Bonchev–Trinajstić information content (AvgIpc) is 2.04. The van der Waals surface area contributed by atoms with E-state index in [0.717, 1.165) is 11.3 Å². The van der Waals surface area contributed by atoms with Gasteiger partial charge in [-0.15, -0.1) is 0 Å². The van der Waals surface area contributed by atoms with E-state index in [1.165, 1.54) is 0 Å². The van der Waals surface area contributed by atoms with Gasteiger partial charge in [-0.05, 0) is 30.7 Å². The molecule has 0 saturated heterocycles. The Hall–Kier alpha value is -0.550.